The molecular formula is C22H22ClN3O2S2. The number of amides is 1. The van der Waals surface area contributed by atoms with E-state index in [4.69, 9.17) is 16.6 Å². The van der Waals surface area contributed by atoms with Crippen LogP contribution in [0, 0.1) is 0 Å². The molecule has 0 saturated carbocycles. The second kappa shape index (κ2) is 8.36. The van der Waals surface area contributed by atoms with Gasteiger partial charge in [-0.3, -0.25) is 14.2 Å². The number of thioether (sulfide) groups is 1. The number of fused-ring (bicyclic) bond motifs is 3. The minimum absolute atomic E-state index is 0.0437. The highest BCUT2D eigenvalue weighted by atomic mass is 35.5. The Morgan fingerprint density at radius 1 is 1.10 bits per heavy atom. The highest BCUT2D eigenvalue weighted by Gasteiger charge is 2.24. The normalized spacial score (nSPS) is 16.2. The summed E-state index contributed by atoms with van der Waals surface area (Å²) in [7, 11) is 0. The summed E-state index contributed by atoms with van der Waals surface area (Å²) >= 11 is 9.06. The van der Waals surface area contributed by atoms with Crippen LogP contribution in [0.1, 0.15) is 36.1 Å². The lowest BCUT2D eigenvalue weighted by atomic mass is 9.97. The van der Waals surface area contributed by atoms with Crippen molar-refractivity contribution >= 4 is 50.8 Å². The monoisotopic (exact) mass is 459 g/mol. The smallest absolute Gasteiger partial charge is 0.267 e. The van der Waals surface area contributed by atoms with E-state index in [1.54, 1.807) is 28.0 Å². The average Bonchev–Trinajstić information content (AvgIpc) is 3.41. The van der Waals surface area contributed by atoms with E-state index < -0.39 is 0 Å². The first-order valence-corrected chi connectivity index (χ1v) is 12.5. The van der Waals surface area contributed by atoms with Crippen LogP contribution in [0.3, 0.4) is 0 Å². The van der Waals surface area contributed by atoms with Gasteiger partial charge in [0.1, 0.15) is 4.83 Å². The lowest BCUT2D eigenvalue weighted by Crippen LogP contribution is -2.29. The number of carbonyl (C=O) groups excluding carboxylic acids is 1. The van der Waals surface area contributed by atoms with Gasteiger partial charge in [-0.05, 0) is 68.4 Å². The lowest BCUT2D eigenvalue weighted by molar-refractivity contribution is -0.127. The fourth-order valence-corrected chi connectivity index (χ4v) is 6.63. The highest BCUT2D eigenvalue weighted by molar-refractivity contribution is 7.99. The van der Waals surface area contributed by atoms with Gasteiger partial charge in [-0.2, -0.15) is 0 Å². The fourth-order valence-electron chi connectivity index (χ4n) is 4.29. The maximum Gasteiger partial charge on any atom is 0.267 e. The van der Waals surface area contributed by atoms with Crippen molar-refractivity contribution in [1.29, 1.82) is 0 Å². The summed E-state index contributed by atoms with van der Waals surface area (Å²) in [5.41, 5.74) is 1.86. The Kier molecular flexibility index (Phi) is 5.60. The molecule has 2 aliphatic rings. The molecule has 1 fully saturated rings. The number of aryl methyl sites for hydroxylation is 2. The number of hydrogen-bond donors (Lipinski definition) is 0. The average molecular weight is 460 g/mol. The molecule has 8 heteroatoms. The number of nitrogens with zero attached hydrogens (tertiary/aromatic N) is 3. The van der Waals surface area contributed by atoms with Crippen LogP contribution in [-0.4, -0.2) is 39.2 Å². The molecule has 0 spiro atoms. The van der Waals surface area contributed by atoms with Crippen molar-refractivity contribution in [3.8, 4) is 5.69 Å². The molecule has 3 heterocycles. The molecule has 0 unspecified atom stereocenters. The Bertz CT molecular complexity index is 1160. The number of thiophene rings is 1. The molecule has 5 nitrogen and oxygen atoms in total. The third kappa shape index (κ3) is 3.67. The largest absolute Gasteiger partial charge is 0.342 e. The molecule has 1 aromatic carbocycles. The topological polar surface area (TPSA) is 55.2 Å². The third-order valence-corrected chi connectivity index (χ3v) is 8.19. The van der Waals surface area contributed by atoms with Crippen LogP contribution in [0.15, 0.2) is 34.2 Å². The van der Waals surface area contributed by atoms with Gasteiger partial charge in [0.05, 0.1) is 16.8 Å². The quantitative estimate of drug-likeness (QED) is 0.419. The number of benzene rings is 1. The van der Waals surface area contributed by atoms with Gasteiger partial charge in [-0.25, -0.2) is 4.98 Å². The molecule has 0 atom stereocenters. The molecule has 156 valence electrons. The zero-order valence-corrected chi connectivity index (χ0v) is 18.9. The first-order chi connectivity index (χ1) is 14.6. The first kappa shape index (κ1) is 20.1. The van der Waals surface area contributed by atoms with Crippen LogP contribution in [-0.2, 0) is 17.6 Å². The number of carbonyl (C=O) groups is 1. The molecule has 0 bridgehead atoms. The Morgan fingerprint density at radius 2 is 1.83 bits per heavy atom. The molecule has 3 aromatic rings. The van der Waals surface area contributed by atoms with Crippen LogP contribution < -0.4 is 5.56 Å². The van der Waals surface area contributed by atoms with Crippen LogP contribution in [0.2, 0.25) is 5.02 Å². The number of aromatic nitrogens is 2. The summed E-state index contributed by atoms with van der Waals surface area (Å²) in [4.78, 5) is 35.1. The molecule has 2 aromatic heterocycles. The minimum Gasteiger partial charge on any atom is -0.342 e. The van der Waals surface area contributed by atoms with Crippen LogP contribution in [0.5, 0.6) is 0 Å². The summed E-state index contributed by atoms with van der Waals surface area (Å²) in [5.74, 6) is 0.399. The van der Waals surface area contributed by atoms with Gasteiger partial charge < -0.3 is 4.90 Å². The van der Waals surface area contributed by atoms with Gasteiger partial charge in [-0.1, -0.05) is 23.4 Å². The maximum absolute atomic E-state index is 13.7. The molecule has 1 saturated heterocycles. The summed E-state index contributed by atoms with van der Waals surface area (Å²) < 4.78 is 1.65. The number of rotatable bonds is 4. The fraction of sp³-hybridized carbons (Fsp3) is 0.409. The van der Waals surface area contributed by atoms with Gasteiger partial charge >= 0.3 is 0 Å². The Labute approximate surface area is 188 Å². The van der Waals surface area contributed by atoms with E-state index in [1.807, 2.05) is 17.0 Å². The molecule has 1 amide bonds. The molecule has 0 radical (unpaired) electrons. The van der Waals surface area contributed by atoms with E-state index >= 15 is 0 Å². The van der Waals surface area contributed by atoms with Crippen molar-refractivity contribution in [2.45, 2.75) is 43.7 Å². The van der Waals surface area contributed by atoms with Crippen molar-refractivity contribution in [3.63, 3.8) is 0 Å². The summed E-state index contributed by atoms with van der Waals surface area (Å²) in [6.07, 6.45) is 6.37. The maximum atomic E-state index is 13.7. The zero-order chi connectivity index (χ0) is 20.7. The Balaban J connectivity index is 1.60. The predicted molar refractivity (Wildman–Crippen MR) is 123 cm³/mol. The molecule has 1 aliphatic carbocycles. The SMILES string of the molecule is O=C(CSc1nc2sc3c(c2c(=O)n1-c1ccc(Cl)cc1)CCCC3)N1CCCC1. The van der Waals surface area contributed by atoms with Gasteiger partial charge in [-0.15, -0.1) is 11.3 Å². The van der Waals surface area contributed by atoms with Crippen LogP contribution in [0.4, 0.5) is 0 Å². The standard InChI is InChI=1S/C22H22ClN3O2S2/c23-14-7-9-15(10-8-14)26-21(28)19-16-5-1-2-6-17(16)30-20(19)24-22(26)29-13-18(27)25-11-3-4-12-25/h7-10H,1-6,11-13H2. The second-order valence-electron chi connectivity index (χ2n) is 7.78. The van der Waals surface area contributed by atoms with E-state index in [1.165, 1.54) is 22.2 Å². The minimum atomic E-state index is -0.0437. The van der Waals surface area contributed by atoms with Gasteiger partial charge in [0, 0.05) is 23.0 Å². The van der Waals surface area contributed by atoms with Crippen molar-refractivity contribution in [2.75, 3.05) is 18.8 Å². The summed E-state index contributed by atoms with van der Waals surface area (Å²) in [6, 6.07) is 7.23. The Hall–Kier alpha value is -1.83. The van der Waals surface area contributed by atoms with Gasteiger partial charge in [0.2, 0.25) is 5.91 Å². The summed E-state index contributed by atoms with van der Waals surface area (Å²) in [6.45, 7) is 1.65. The van der Waals surface area contributed by atoms with Crippen LogP contribution >= 0.6 is 34.7 Å². The molecule has 1 aliphatic heterocycles. The molecule has 30 heavy (non-hydrogen) atoms. The number of likely N-dealkylation sites (tertiary alicyclic amines) is 1. The molecule has 0 N–H and O–H groups in total. The van der Waals surface area contributed by atoms with Crippen molar-refractivity contribution < 1.29 is 4.79 Å². The van der Waals surface area contributed by atoms with E-state index in [-0.39, 0.29) is 17.2 Å². The number of halogens is 1. The summed E-state index contributed by atoms with van der Waals surface area (Å²) in [5, 5.41) is 1.94. The van der Waals surface area contributed by atoms with Crippen LogP contribution in [0.25, 0.3) is 15.9 Å². The second-order valence-corrected chi connectivity index (χ2v) is 10.2. The molecular weight excluding hydrogens is 438 g/mol. The Morgan fingerprint density at radius 3 is 2.60 bits per heavy atom. The number of hydrogen-bond acceptors (Lipinski definition) is 5. The third-order valence-electron chi connectivity index (χ3n) is 5.83. The van der Waals surface area contributed by atoms with E-state index in [9.17, 15) is 9.59 Å². The molecule has 5 rings (SSSR count). The lowest BCUT2D eigenvalue weighted by Gasteiger charge is -2.16. The van der Waals surface area contributed by atoms with E-state index in [0.29, 0.717) is 10.2 Å². The zero-order valence-electron chi connectivity index (χ0n) is 16.5. The predicted octanol–water partition coefficient (Wildman–Crippen LogP) is 4.69. The van der Waals surface area contributed by atoms with E-state index in [2.05, 4.69) is 0 Å². The van der Waals surface area contributed by atoms with Crippen molar-refractivity contribution in [1.82, 2.24) is 14.5 Å². The van der Waals surface area contributed by atoms with Gasteiger partial charge in [0.15, 0.2) is 5.16 Å². The van der Waals surface area contributed by atoms with Crippen molar-refractivity contribution in [3.05, 3.63) is 50.1 Å². The highest BCUT2D eigenvalue weighted by Crippen LogP contribution is 2.35. The first-order valence-electron chi connectivity index (χ1n) is 10.4. The van der Waals surface area contributed by atoms with Gasteiger partial charge in [0.25, 0.3) is 5.56 Å². The van der Waals surface area contributed by atoms with Crippen molar-refractivity contribution in [2.24, 2.45) is 0 Å². The van der Waals surface area contributed by atoms with E-state index in [0.717, 1.165) is 67.5 Å².